The van der Waals surface area contributed by atoms with Gasteiger partial charge < -0.3 is 9.64 Å². The third kappa shape index (κ3) is 4.97. The summed E-state index contributed by atoms with van der Waals surface area (Å²) < 4.78 is 32.0. The van der Waals surface area contributed by atoms with Crippen molar-refractivity contribution in [1.29, 1.82) is 0 Å². The van der Waals surface area contributed by atoms with Crippen LogP contribution in [-0.4, -0.2) is 46.6 Å². The van der Waals surface area contributed by atoms with Crippen LogP contribution < -0.4 is 9.46 Å². The van der Waals surface area contributed by atoms with Crippen molar-refractivity contribution in [2.24, 2.45) is 5.92 Å². The third-order valence-electron chi connectivity index (χ3n) is 4.19. The predicted octanol–water partition coefficient (Wildman–Crippen LogP) is 2.10. The summed E-state index contributed by atoms with van der Waals surface area (Å²) in [6.45, 7) is 5.98. The maximum absolute atomic E-state index is 12.2. The Hall–Kier alpha value is -1.11. The monoisotopic (exact) mass is 326 g/mol. The van der Waals surface area contributed by atoms with Crippen LogP contribution in [0.3, 0.4) is 0 Å². The summed E-state index contributed by atoms with van der Waals surface area (Å²) in [5.74, 6) is 1.48. The van der Waals surface area contributed by atoms with Crippen molar-refractivity contribution in [3.63, 3.8) is 0 Å². The fraction of sp³-hybridized carbons (Fsp3) is 0.625. The van der Waals surface area contributed by atoms with E-state index in [-0.39, 0.29) is 4.90 Å². The van der Waals surface area contributed by atoms with E-state index in [9.17, 15) is 8.42 Å². The number of methoxy groups -OCH3 is 1. The van der Waals surface area contributed by atoms with Gasteiger partial charge in [0.1, 0.15) is 5.75 Å². The van der Waals surface area contributed by atoms with Gasteiger partial charge in [-0.25, -0.2) is 13.1 Å². The highest BCUT2D eigenvalue weighted by atomic mass is 32.2. The van der Waals surface area contributed by atoms with E-state index in [0.29, 0.717) is 12.3 Å². The van der Waals surface area contributed by atoms with Gasteiger partial charge in [-0.05, 0) is 69.1 Å². The molecule has 1 aliphatic heterocycles. The molecule has 0 unspecified atom stereocenters. The summed E-state index contributed by atoms with van der Waals surface area (Å²) in [4.78, 5) is 2.70. The molecule has 6 heteroatoms. The highest BCUT2D eigenvalue weighted by molar-refractivity contribution is 7.89. The molecule has 1 aliphatic rings. The van der Waals surface area contributed by atoms with Gasteiger partial charge in [0.25, 0.3) is 0 Å². The molecule has 1 aromatic carbocycles. The Balaban J connectivity index is 1.75. The second-order valence-electron chi connectivity index (χ2n) is 5.95. The Morgan fingerprint density at radius 3 is 2.45 bits per heavy atom. The van der Waals surface area contributed by atoms with Crippen LogP contribution in [0.25, 0.3) is 0 Å². The number of nitrogens with zero attached hydrogens (tertiary/aromatic N) is 1. The van der Waals surface area contributed by atoms with Crippen molar-refractivity contribution in [2.75, 3.05) is 33.3 Å². The lowest BCUT2D eigenvalue weighted by molar-refractivity contribution is 0.191. The first-order valence-electron chi connectivity index (χ1n) is 7.87. The molecule has 1 saturated heterocycles. The SMILES string of the molecule is COc1ccc(S(=O)(=O)NCCCN2CCC(C)CC2)cc1. The minimum absolute atomic E-state index is 0.278. The van der Waals surface area contributed by atoms with Gasteiger partial charge in [0.2, 0.25) is 10.0 Å². The second-order valence-corrected chi connectivity index (χ2v) is 7.72. The number of rotatable bonds is 7. The lowest BCUT2D eigenvalue weighted by Gasteiger charge is -2.30. The van der Waals surface area contributed by atoms with Gasteiger partial charge in [-0.1, -0.05) is 6.92 Å². The highest BCUT2D eigenvalue weighted by Crippen LogP contribution is 2.16. The van der Waals surface area contributed by atoms with Crippen LogP contribution in [0.1, 0.15) is 26.2 Å². The topological polar surface area (TPSA) is 58.6 Å². The molecule has 0 bridgehead atoms. The van der Waals surface area contributed by atoms with Gasteiger partial charge in [-0.2, -0.15) is 0 Å². The van der Waals surface area contributed by atoms with E-state index < -0.39 is 10.0 Å². The number of benzene rings is 1. The highest BCUT2D eigenvalue weighted by Gasteiger charge is 2.16. The van der Waals surface area contributed by atoms with Crippen molar-refractivity contribution < 1.29 is 13.2 Å². The summed E-state index contributed by atoms with van der Waals surface area (Å²) in [7, 11) is -1.86. The molecule has 0 aliphatic carbocycles. The van der Waals surface area contributed by atoms with Crippen LogP contribution in [0.4, 0.5) is 0 Å². The van der Waals surface area contributed by atoms with Crippen molar-refractivity contribution in [2.45, 2.75) is 31.1 Å². The quantitative estimate of drug-likeness (QED) is 0.780. The smallest absolute Gasteiger partial charge is 0.240 e. The van der Waals surface area contributed by atoms with E-state index in [1.54, 1.807) is 31.4 Å². The van der Waals surface area contributed by atoms with Gasteiger partial charge in [0, 0.05) is 6.54 Å². The molecule has 1 fully saturated rings. The number of nitrogens with one attached hydrogen (secondary N) is 1. The van der Waals surface area contributed by atoms with Crippen LogP contribution in [0.2, 0.25) is 0 Å². The molecular formula is C16H26N2O3S. The minimum Gasteiger partial charge on any atom is -0.497 e. The van der Waals surface area contributed by atoms with E-state index in [2.05, 4.69) is 16.5 Å². The van der Waals surface area contributed by atoms with Gasteiger partial charge in [0.05, 0.1) is 12.0 Å². The molecule has 0 amide bonds. The standard InChI is InChI=1S/C16H26N2O3S/c1-14-8-12-18(13-9-14)11-3-10-17-22(19,20)16-6-4-15(21-2)5-7-16/h4-7,14,17H,3,8-13H2,1-2H3. The van der Waals surface area contributed by atoms with Crippen LogP contribution in [0.5, 0.6) is 5.75 Å². The zero-order chi connectivity index (χ0) is 16.0. The maximum Gasteiger partial charge on any atom is 0.240 e. The molecular weight excluding hydrogens is 300 g/mol. The number of ether oxygens (including phenoxy) is 1. The first-order valence-corrected chi connectivity index (χ1v) is 9.35. The first kappa shape index (κ1) is 17.2. The second kappa shape index (κ2) is 7.94. The van der Waals surface area contributed by atoms with Crippen molar-refractivity contribution >= 4 is 10.0 Å². The summed E-state index contributed by atoms with van der Waals surface area (Å²) in [5.41, 5.74) is 0. The summed E-state index contributed by atoms with van der Waals surface area (Å²) in [5, 5.41) is 0. The van der Waals surface area contributed by atoms with Gasteiger partial charge in [-0.3, -0.25) is 0 Å². The average molecular weight is 326 g/mol. The molecule has 0 saturated carbocycles. The normalized spacial score (nSPS) is 17.5. The molecule has 0 radical (unpaired) electrons. The number of piperidine rings is 1. The Bertz CT molecular complexity index is 549. The zero-order valence-corrected chi connectivity index (χ0v) is 14.2. The molecule has 5 nitrogen and oxygen atoms in total. The molecule has 2 rings (SSSR count). The fourth-order valence-electron chi connectivity index (χ4n) is 2.63. The van der Waals surface area contributed by atoms with E-state index in [1.165, 1.54) is 12.8 Å². The van der Waals surface area contributed by atoms with E-state index in [1.807, 2.05) is 0 Å². The zero-order valence-electron chi connectivity index (χ0n) is 13.4. The Morgan fingerprint density at radius 1 is 1.23 bits per heavy atom. The Labute approximate surface area is 133 Å². The number of hydrogen-bond donors (Lipinski definition) is 1. The number of hydrogen-bond acceptors (Lipinski definition) is 4. The van der Waals surface area contributed by atoms with Crippen LogP contribution >= 0.6 is 0 Å². The predicted molar refractivity (Wildman–Crippen MR) is 87.6 cm³/mol. The average Bonchev–Trinajstić information content (AvgIpc) is 2.53. The molecule has 1 N–H and O–H groups in total. The van der Waals surface area contributed by atoms with Gasteiger partial charge >= 0.3 is 0 Å². The minimum atomic E-state index is -3.42. The van der Waals surface area contributed by atoms with Crippen molar-refractivity contribution in [1.82, 2.24) is 9.62 Å². The van der Waals surface area contributed by atoms with Gasteiger partial charge in [0.15, 0.2) is 0 Å². The maximum atomic E-state index is 12.2. The molecule has 1 heterocycles. The molecule has 0 aromatic heterocycles. The lowest BCUT2D eigenvalue weighted by Crippen LogP contribution is -2.35. The summed E-state index contributed by atoms with van der Waals surface area (Å²) in [6, 6.07) is 6.44. The van der Waals surface area contributed by atoms with Crippen LogP contribution in [0.15, 0.2) is 29.2 Å². The van der Waals surface area contributed by atoms with Gasteiger partial charge in [-0.15, -0.1) is 0 Å². The van der Waals surface area contributed by atoms with Crippen molar-refractivity contribution in [3.8, 4) is 5.75 Å². The molecule has 22 heavy (non-hydrogen) atoms. The summed E-state index contributed by atoms with van der Waals surface area (Å²) in [6.07, 6.45) is 3.33. The third-order valence-corrected chi connectivity index (χ3v) is 5.67. The Morgan fingerprint density at radius 2 is 1.86 bits per heavy atom. The molecule has 124 valence electrons. The van der Waals surface area contributed by atoms with E-state index in [4.69, 9.17) is 4.74 Å². The largest absolute Gasteiger partial charge is 0.497 e. The number of likely N-dealkylation sites (tertiary alicyclic amines) is 1. The van der Waals surface area contributed by atoms with E-state index >= 15 is 0 Å². The Kier molecular flexibility index (Phi) is 6.23. The van der Waals surface area contributed by atoms with Crippen molar-refractivity contribution in [3.05, 3.63) is 24.3 Å². The fourth-order valence-corrected chi connectivity index (χ4v) is 3.71. The number of sulfonamides is 1. The molecule has 0 atom stereocenters. The van der Waals surface area contributed by atoms with E-state index in [0.717, 1.165) is 32.0 Å². The van der Waals surface area contributed by atoms with Crippen LogP contribution in [-0.2, 0) is 10.0 Å². The summed E-state index contributed by atoms with van der Waals surface area (Å²) >= 11 is 0. The first-order chi connectivity index (χ1) is 10.5. The molecule has 1 aromatic rings. The molecule has 0 spiro atoms. The van der Waals surface area contributed by atoms with Crippen LogP contribution in [0, 0.1) is 5.92 Å². The lowest BCUT2D eigenvalue weighted by atomic mass is 9.99.